The standard InChI is InChI=1S/C16H13ClF3N5O.C10H7F2N3O.C6H6ClFN2/c1-9(14-13(20)15(17)23-7-22-14)16(26,5-25-8-21-6-24-25)11-3-2-10(18)4-12(11)19;11-7-1-2-8(9(12)3-7)10(16)4-15-6-13-5-14-15;1-2-4-5(8)6(7)10-3-9-4/h2-4,6-9,26H,5H2,1H3;1-3,5-6H,4H2;3H,2H2,1H3. The predicted molar refractivity (Wildman–Crippen MR) is 173 cm³/mol. The Labute approximate surface area is 301 Å². The van der Waals surface area contributed by atoms with Crippen LogP contribution in [-0.4, -0.2) is 60.4 Å². The zero-order valence-corrected chi connectivity index (χ0v) is 28.5. The highest BCUT2D eigenvalue weighted by molar-refractivity contribution is 6.29. The zero-order valence-electron chi connectivity index (χ0n) is 27.0. The fourth-order valence-electron chi connectivity index (χ4n) is 4.64. The van der Waals surface area contributed by atoms with E-state index in [1.807, 2.05) is 6.92 Å². The third kappa shape index (κ3) is 9.71. The molecule has 0 radical (unpaired) electrons. The molecule has 0 bridgehead atoms. The van der Waals surface area contributed by atoms with Gasteiger partial charge in [-0.15, -0.1) is 0 Å². The molecule has 0 aliphatic rings. The van der Waals surface area contributed by atoms with E-state index < -0.39 is 57.4 Å². The molecule has 1 N–H and O–H groups in total. The quantitative estimate of drug-likeness (QED) is 0.104. The number of carbonyl (C=O) groups excluding carboxylic acids is 1. The van der Waals surface area contributed by atoms with Crippen molar-refractivity contribution in [3.05, 3.63) is 142 Å². The topological polar surface area (TPSA) is 150 Å². The summed E-state index contributed by atoms with van der Waals surface area (Å²) in [6, 6.07) is 5.56. The Balaban J connectivity index is 0.000000197. The lowest BCUT2D eigenvalue weighted by atomic mass is 9.79. The molecule has 6 aromatic rings. The lowest BCUT2D eigenvalue weighted by molar-refractivity contribution is -0.0133. The molecule has 2 unspecified atom stereocenters. The summed E-state index contributed by atoms with van der Waals surface area (Å²) in [7, 11) is 0. The van der Waals surface area contributed by atoms with Crippen LogP contribution in [0.1, 0.15) is 47.1 Å². The van der Waals surface area contributed by atoms with Crippen LogP contribution in [0.3, 0.4) is 0 Å². The van der Waals surface area contributed by atoms with Gasteiger partial charge in [0.2, 0.25) is 0 Å². The number of rotatable bonds is 9. The van der Waals surface area contributed by atoms with Crippen LogP contribution in [0.2, 0.25) is 10.3 Å². The Morgan fingerprint density at radius 2 is 1.37 bits per heavy atom. The minimum atomic E-state index is -2.02. The molecule has 52 heavy (non-hydrogen) atoms. The average Bonchev–Trinajstić information content (AvgIpc) is 3.82. The first kappa shape index (κ1) is 39.5. The minimum Gasteiger partial charge on any atom is -0.382 e. The molecule has 0 aliphatic heterocycles. The van der Waals surface area contributed by atoms with Crippen molar-refractivity contribution in [2.45, 2.75) is 44.9 Å². The molecule has 0 fully saturated rings. The molecule has 2 aromatic carbocycles. The Kier molecular flexibility index (Phi) is 13.5. The van der Waals surface area contributed by atoms with Gasteiger partial charge in [-0.2, -0.15) is 10.2 Å². The first-order valence-electron chi connectivity index (χ1n) is 14.9. The molecule has 6 rings (SSSR count). The van der Waals surface area contributed by atoms with Gasteiger partial charge in [-0.25, -0.2) is 65.6 Å². The number of nitrogens with zero attached hydrogens (tertiary/aromatic N) is 10. The molecule has 0 saturated heterocycles. The molecule has 2 atom stereocenters. The zero-order chi connectivity index (χ0) is 38.0. The molecule has 12 nitrogen and oxygen atoms in total. The van der Waals surface area contributed by atoms with Crippen LogP contribution in [0.15, 0.2) is 74.4 Å². The van der Waals surface area contributed by atoms with E-state index in [4.69, 9.17) is 23.2 Å². The van der Waals surface area contributed by atoms with Gasteiger partial charge in [-0.05, 0) is 24.6 Å². The summed E-state index contributed by atoms with van der Waals surface area (Å²) in [6.07, 6.45) is 7.98. The van der Waals surface area contributed by atoms with Crippen molar-refractivity contribution < 1.29 is 36.2 Å². The van der Waals surface area contributed by atoms with E-state index in [0.717, 1.165) is 30.6 Å². The molecule has 4 heterocycles. The molecule has 4 aromatic heterocycles. The van der Waals surface area contributed by atoms with Gasteiger partial charge < -0.3 is 5.11 Å². The second-order valence-electron chi connectivity index (χ2n) is 10.6. The van der Waals surface area contributed by atoms with Gasteiger partial charge >= 0.3 is 0 Å². The van der Waals surface area contributed by atoms with E-state index in [2.05, 4.69) is 40.1 Å². The lowest BCUT2D eigenvalue weighted by Crippen LogP contribution is -2.39. The van der Waals surface area contributed by atoms with E-state index >= 15 is 0 Å². The SMILES string of the molecule is CC(c1ncnc(Cl)c1F)C(O)(Cn1cncn1)c1ccc(F)cc1F.CCc1ncnc(Cl)c1F.O=C(Cn1cncn1)c1ccc(F)cc1F. The van der Waals surface area contributed by atoms with Crippen LogP contribution in [-0.2, 0) is 25.1 Å². The fourth-order valence-corrected chi connectivity index (χ4v) is 4.93. The highest BCUT2D eigenvalue weighted by Crippen LogP contribution is 2.40. The normalized spacial score (nSPS) is 12.5. The van der Waals surface area contributed by atoms with Gasteiger partial charge in [-0.1, -0.05) is 43.1 Å². The summed E-state index contributed by atoms with van der Waals surface area (Å²) in [6.45, 7) is 2.85. The van der Waals surface area contributed by atoms with Crippen molar-refractivity contribution >= 4 is 29.0 Å². The monoisotopic (exact) mass is 766 g/mol. The van der Waals surface area contributed by atoms with E-state index in [1.54, 1.807) is 0 Å². The summed E-state index contributed by atoms with van der Waals surface area (Å²) in [4.78, 5) is 33.5. The summed E-state index contributed by atoms with van der Waals surface area (Å²) < 4.78 is 83.2. The minimum absolute atomic E-state index is 0.105. The molecule has 0 saturated carbocycles. The Morgan fingerprint density at radius 3 is 1.92 bits per heavy atom. The summed E-state index contributed by atoms with van der Waals surface area (Å²) >= 11 is 11.1. The van der Waals surface area contributed by atoms with E-state index in [0.29, 0.717) is 24.2 Å². The fraction of sp³-hybridized carbons (Fsp3) is 0.219. The van der Waals surface area contributed by atoms with Crippen LogP contribution in [0.4, 0.5) is 26.3 Å². The Bertz CT molecular complexity index is 2110. The van der Waals surface area contributed by atoms with Crippen LogP contribution < -0.4 is 0 Å². The van der Waals surface area contributed by atoms with Gasteiger partial charge in [-0.3, -0.25) is 4.79 Å². The number of carbonyl (C=O) groups is 1. The number of aryl methyl sites for hydroxylation is 1. The maximum atomic E-state index is 14.4. The van der Waals surface area contributed by atoms with Crippen LogP contribution in [0.5, 0.6) is 0 Å². The number of hydrogen-bond acceptors (Lipinski definition) is 10. The summed E-state index contributed by atoms with van der Waals surface area (Å²) in [5.41, 5.74) is -2.27. The lowest BCUT2D eigenvalue weighted by Gasteiger charge is -2.34. The highest BCUT2D eigenvalue weighted by Gasteiger charge is 2.42. The van der Waals surface area contributed by atoms with Crippen molar-refractivity contribution in [2.24, 2.45) is 0 Å². The molecular weight excluding hydrogens is 741 g/mol. The molecular formula is C32H26Cl2F6N10O2. The van der Waals surface area contributed by atoms with Crippen molar-refractivity contribution in [3.63, 3.8) is 0 Å². The first-order valence-corrected chi connectivity index (χ1v) is 15.6. The number of halogens is 8. The third-order valence-corrected chi connectivity index (χ3v) is 7.85. The third-order valence-electron chi connectivity index (χ3n) is 7.33. The van der Waals surface area contributed by atoms with Crippen molar-refractivity contribution in [2.75, 3.05) is 0 Å². The van der Waals surface area contributed by atoms with Gasteiger partial charge in [0, 0.05) is 23.6 Å². The second-order valence-corrected chi connectivity index (χ2v) is 11.4. The highest BCUT2D eigenvalue weighted by atomic mass is 35.5. The van der Waals surface area contributed by atoms with Crippen molar-refractivity contribution in [1.29, 1.82) is 0 Å². The van der Waals surface area contributed by atoms with Crippen LogP contribution >= 0.6 is 23.2 Å². The number of ketones is 1. The van der Waals surface area contributed by atoms with Gasteiger partial charge in [0.25, 0.3) is 0 Å². The average molecular weight is 768 g/mol. The Hall–Kier alpha value is -5.33. The number of benzene rings is 2. The van der Waals surface area contributed by atoms with Crippen molar-refractivity contribution in [3.8, 4) is 0 Å². The van der Waals surface area contributed by atoms with E-state index in [9.17, 15) is 36.2 Å². The molecule has 0 aliphatic carbocycles. The van der Waals surface area contributed by atoms with Gasteiger partial charge in [0.1, 0.15) is 73.4 Å². The number of hydrogen-bond donors (Lipinski definition) is 1. The summed E-state index contributed by atoms with van der Waals surface area (Å²) in [5.74, 6) is -6.37. The number of aromatic nitrogens is 10. The second kappa shape index (κ2) is 17.7. The van der Waals surface area contributed by atoms with Crippen LogP contribution in [0.25, 0.3) is 0 Å². The predicted octanol–water partition coefficient (Wildman–Crippen LogP) is 6.10. The molecule has 272 valence electrons. The largest absolute Gasteiger partial charge is 0.382 e. The van der Waals surface area contributed by atoms with Crippen molar-refractivity contribution in [1.82, 2.24) is 49.5 Å². The first-order chi connectivity index (χ1) is 24.7. The van der Waals surface area contributed by atoms with Crippen LogP contribution in [0, 0.1) is 34.9 Å². The maximum absolute atomic E-state index is 14.4. The molecule has 20 heteroatoms. The van der Waals surface area contributed by atoms with Gasteiger partial charge in [0.05, 0.1) is 23.5 Å². The number of aliphatic hydroxyl groups is 1. The van der Waals surface area contributed by atoms with E-state index in [-0.39, 0.29) is 35.1 Å². The van der Waals surface area contributed by atoms with Gasteiger partial charge in [0.15, 0.2) is 27.7 Å². The van der Waals surface area contributed by atoms with E-state index in [1.165, 1.54) is 47.9 Å². The smallest absolute Gasteiger partial charge is 0.187 e. The molecule has 0 amide bonds. The molecule has 0 spiro atoms. The summed E-state index contributed by atoms with van der Waals surface area (Å²) in [5, 5.41) is 18.4. The maximum Gasteiger partial charge on any atom is 0.187 e. The Morgan fingerprint density at radius 1 is 0.788 bits per heavy atom. The number of Topliss-reactive ketones (excluding diaryl/α,β-unsaturated/α-hetero) is 1.